The van der Waals surface area contributed by atoms with Gasteiger partial charge in [-0.15, -0.1) is 0 Å². The lowest BCUT2D eigenvalue weighted by atomic mass is 10.0. The molecule has 0 fully saturated rings. The predicted molar refractivity (Wildman–Crippen MR) is 59.2 cm³/mol. The second-order valence-electron chi connectivity index (χ2n) is 3.67. The molecule has 2 rings (SSSR count). The fraction of sp³-hybridized carbons (Fsp3) is 0.167. The largest absolute Gasteiger partial charge is 0.319 e. The van der Waals surface area contributed by atoms with Crippen molar-refractivity contribution in [3.05, 3.63) is 59.4 Å². The van der Waals surface area contributed by atoms with Gasteiger partial charge in [0, 0.05) is 12.4 Å². The van der Waals surface area contributed by atoms with E-state index in [9.17, 15) is 4.39 Å². The van der Waals surface area contributed by atoms with Crippen molar-refractivity contribution in [3.63, 3.8) is 0 Å². The third kappa shape index (κ3) is 2.23. The highest BCUT2D eigenvalue weighted by molar-refractivity contribution is 5.30. The normalized spacial score (nSPS) is 12.4. The first kappa shape index (κ1) is 10.7. The van der Waals surface area contributed by atoms with Crippen molar-refractivity contribution in [1.82, 2.24) is 9.97 Å². The molecule has 0 saturated carbocycles. The van der Waals surface area contributed by atoms with Crippen LogP contribution in [-0.4, -0.2) is 9.97 Å². The first-order valence-electron chi connectivity index (χ1n) is 4.95. The Morgan fingerprint density at radius 1 is 1.25 bits per heavy atom. The topological polar surface area (TPSA) is 51.8 Å². The van der Waals surface area contributed by atoms with Gasteiger partial charge < -0.3 is 5.73 Å². The molecule has 2 aromatic rings. The van der Waals surface area contributed by atoms with Crippen LogP contribution in [0.2, 0.25) is 0 Å². The quantitative estimate of drug-likeness (QED) is 0.836. The second-order valence-corrected chi connectivity index (χ2v) is 3.67. The molecule has 0 spiro atoms. The molecule has 0 aliphatic carbocycles. The van der Waals surface area contributed by atoms with Crippen LogP contribution in [0, 0.1) is 12.7 Å². The lowest BCUT2D eigenvalue weighted by Crippen LogP contribution is -2.14. The van der Waals surface area contributed by atoms with Gasteiger partial charge in [-0.3, -0.25) is 9.97 Å². The molecule has 0 aliphatic rings. The van der Waals surface area contributed by atoms with Crippen LogP contribution in [0.3, 0.4) is 0 Å². The van der Waals surface area contributed by atoms with Crippen LogP contribution in [-0.2, 0) is 0 Å². The van der Waals surface area contributed by atoms with E-state index in [4.69, 9.17) is 5.73 Å². The maximum atomic E-state index is 13.2. The smallest absolute Gasteiger partial charge is 0.123 e. The number of nitrogens with two attached hydrogens (primary N) is 1. The number of rotatable bonds is 2. The number of aromatic nitrogens is 2. The van der Waals surface area contributed by atoms with Gasteiger partial charge in [-0.25, -0.2) is 4.39 Å². The second kappa shape index (κ2) is 4.37. The first-order chi connectivity index (χ1) is 7.66. The SMILES string of the molecule is Cc1cc(F)cc(C(N)c2cnccn2)c1. The van der Waals surface area contributed by atoms with E-state index in [0.29, 0.717) is 11.3 Å². The summed E-state index contributed by atoms with van der Waals surface area (Å²) in [5.41, 5.74) is 8.17. The fourth-order valence-electron chi connectivity index (χ4n) is 1.59. The average molecular weight is 217 g/mol. The summed E-state index contributed by atoms with van der Waals surface area (Å²) in [6.07, 6.45) is 4.74. The molecule has 1 aromatic carbocycles. The van der Waals surface area contributed by atoms with Crippen molar-refractivity contribution in [3.8, 4) is 0 Å². The van der Waals surface area contributed by atoms with Crippen molar-refractivity contribution >= 4 is 0 Å². The Bertz CT molecular complexity index is 465. The van der Waals surface area contributed by atoms with Crippen LogP contribution in [0.5, 0.6) is 0 Å². The molecule has 2 N–H and O–H groups in total. The van der Waals surface area contributed by atoms with E-state index in [0.717, 1.165) is 5.56 Å². The Hall–Kier alpha value is -1.81. The van der Waals surface area contributed by atoms with Crippen LogP contribution in [0.4, 0.5) is 4.39 Å². The molecule has 0 aliphatic heterocycles. The van der Waals surface area contributed by atoms with Crippen molar-refractivity contribution in [2.75, 3.05) is 0 Å². The van der Waals surface area contributed by atoms with E-state index in [1.807, 2.05) is 13.0 Å². The summed E-state index contributed by atoms with van der Waals surface area (Å²) >= 11 is 0. The molecular formula is C12H12FN3. The molecule has 0 bridgehead atoms. The van der Waals surface area contributed by atoms with E-state index in [1.54, 1.807) is 18.6 Å². The molecule has 1 atom stereocenters. The zero-order chi connectivity index (χ0) is 11.5. The Morgan fingerprint density at radius 2 is 2.06 bits per heavy atom. The van der Waals surface area contributed by atoms with Crippen LogP contribution < -0.4 is 5.73 Å². The van der Waals surface area contributed by atoms with E-state index < -0.39 is 6.04 Å². The molecule has 3 nitrogen and oxygen atoms in total. The Labute approximate surface area is 93.2 Å². The summed E-state index contributed by atoms with van der Waals surface area (Å²) in [7, 11) is 0. The zero-order valence-corrected chi connectivity index (χ0v) is 8.89. The lowest BCUT2D eigenvalue weighted by Gasteiger charge is -2.11. The summed E-state index contributed by atoms with van der Waals surface area (Å²) in [6.45, 7) is 1.83. The minimum Gasteiger partial charge on any atom is -0.319 e. The van der Waals surface area contributed by atoms with Gasteiger partial charge in [-0.05, 0) is 30.2 Å². The van der Waals surface area contributed by atoms with Crippen molar-refractivity contribution < 1.29 is 4.39 Å². The fourth-order valence-corrected chi connectivity index (χ4v) is 1.59. The van der Waals surface area contributed by atoms with Gasteiger partial charge in [-0.2, -0.15) is 0 Å². The number of benzene rings is 1. The third-order valence-corrected chi connectivity index (χ3v) is 2.33. The summed E-state index contributed by atoms with van der Waals surface area (Å²) < 4.78 is 13.2. The third-order valence-electron chi connectivity index (χ3n) is 2.33. The highest BCUT2D eigenvalue weighted by Crippen LogP contribution is 2.19. The molecule has 1 aromatic heterocycles. The van der Waals surface area contributed by atoms with Gasteiger partial charge in [0.1, 0.15) is 5.82 Å². The number of nitrogens with zero attached hydrogens (tertiary/aromatic N) is 2. The van der Waals surface area contributed by atoms with Crippen molar-refractivity contribution in [2.24, 2.45) is 5.73 Å². The number of aryl methyl sites for hydroxylation is 1. The average Bonchev–Trinajstić information content (AvgIpc) is 2.28. The van der Waals surface area contributed by atoms with Gasteiger partial charge in [-0.1, -0.05) is 6.07 Å². The number of hydrogen-bond donors (Lipinski definition) is 1. The summed E-state index contributed by atoms with van der Waals surface area (Å²) in [5.74, 6) is -0.283. The Balaban J connectivity index is 2.37. The molecule has 1 heterocycles. The van der Waals surface area contributed by atoms with Crippen LogP contribution >= 0.6 is 0 Å². The maximum absolute atomic E-state index is 13.2. The predicted octanol–water partition coefficient (Wildman–Crippen LogP) is 1.97. The summed E-state index contributed by atoms with van der Waals surface area (Å²) in [5, 5.41) is 0. The van der Waals surface area contributed by atoms with Crippen molar-refractivity contribution in [2.45, 2.75) is 13.0 Å². The minimum atomic E-state index is -0.442. The molecule has 16 heavy (non-hydrogen) atoms. The molecular weight excluding hydrogens is 205 g/mol. The molecule has 0 saturated heterocycles. The molecule has 0 radical (unpaired) electrons. The molecule has 4 heteroatoms. The van der Waals surface area contributed by atoms with Gasteiger partial charge in [0.25, 0.3) is 0 Å². The number of hydrogen-bond acceptors (Lipinski definition) is 3. The number of halogens is 1. The monoisotopic (exact) mass is 217 g/mol. The molecule has 1 unspecified atom stereocenters. The minimum absolute atomic E-state index is 0.283. The van der Waals surface area contributed by atoms with E-state index >= 15 is 0 Å². The van der Waals surface area contributed by atoms with Gasteiger partial charge in [0.2, 0.25) is 0 Å². The Kier molecular flexibility index (Phi) is 2.92. The summed E-state index contributed by atoms with van der Waals surface area (Å²) in [6, 6.07) is 4.30. The van der Waals surface area contributed by atoms with Crippen molar-refractivity contribution in [1.29, 1.82) is 0 Å². The van der Waals surface area contributed by atoms with E-state index in [-0.39, 0.29) is 5.82 Å². The van der Waals surface area contributed by atoms with Crippen LogP contribution in [0.1, 0.15) is 22.9 Å². The van der Waals surface area contributed by atoms with Crippen LogP contribution in [0.15, 0.2) is 36.8 Å². The lowest BCUT2D eigenvalue weighted by molar-refractivity contribution is 0.621. The zero-order valence-electron chi connectivity index (χ0n) is 8.89. The maximum Gasteiger partial charge on any atom is 0.123 e. The summed E-state index contributed by atoms with van der Waals surface area (Å²) in [4.78, 5) is 8.04. The Morgan fingerprint density at radius 3 is 2.69 bits per heavy atom. The molecule has 82 valence electrons. The van der Waals surface area contributed by atoms with E-state index in [2.05, 4.69) is 9.97 Å². The standard InChI is InChI=1S/C12H12FN3/c1-8-4-9(6-10(13)5-8)12(14)11-7-15-2-3-16-11/h2-7,12H,14H2,1H3. The highest BCUT2D eigenvalue weighted by atomic mass is 19.1. The van der Waals surface area contributed by atoms with E-state index in [1.165, 1.54) is 12.1 Å². The molecule has 0 amide bonds. The van der Waals surface area contributed by atoms with Gasteiger partial charge >= 0.3 is 0 Å². The van der Waals surface area contributed by atoms with Crippen LogP contribution in [0.25, 0.3) is 0 Å². The highest BCUT2D eigenvalue weighted by Gasteiger charge is 2.11. The van der Waals surface area contributed by atoms with Gasteiger partial charge in [0.15, 0.2) is 0 Å². The first-order valence-corrected chi connectivity index (χ1v) is 4.95. The van der Waals surface area contributed by atoms with Gasteiger partial charge in [0.05, 0.1) is 17.9 Å².